The number of hydrogen-bond acceptors (Lipinski definition) is 7. The molecular formula is C21H36N6O2S. The molecule has 0 radical (unpaired) electrons. The van der Waals surface area contributed by atoms with Crippen LogP contribution in [0.1, 0.15) is 43.2 Å². The summed E-state index contributed by atoms with van der Waals surface area (Å²) in [6.07, 6.45) is 6.10. The van der Waals surface area contributed by atoms with Crippen LogP contribution in [-0.4, -0.2) is 73.0 Å². The maximum atomic E-state index is 13.2. The van der Waals surface area contributed by atoms with Crippen LogP contribution in [-0.2, 0) is 17.6 Å². The van der Waals surface area contributed by atoms with Crippen LogP contribution in [0.25, 0.3) is 0 Å². The van der Waals surface area contributed by atoms with Gasteiger partial charge < -0.3 is 21.3 Å². The molecule has 1 fully saturated rings. The Labute approximate surface area is 183 Å². The summed E-state index contributed by atoms with van der Waals surface area (Å²) < 4.78 is 0. The number of amides is 3. The van der Waals surface area contributed by atoms with Crippen molar-refractivity contribution in [2.45, 2.75) is 45.4 Å². The Hall–Kier alpha value is -1.71. The summed E-state index contributed by atoms with van der Waals surface area (Å²) >= 11 is 1.58. The molecule has 1 saturated heterocycles. The third-order valence-corrected chi connectivity index (χ3v) is 7.19. The largest absolute Gasteiger partial charge is 0.375 e. The number of fused-ring (bicyclic) bond motifs is 1. The number of hydrogen-bond donors (Lipinski definition) is 3. The fourth-order valence-electron chi connectivity index (χ4n) is 4.63. The van der Waals surface area contributed by atoms with Gasteiger partial charge in [-0.05, 0) is 71.5 Å². The number of rotatable bonds is 9. The molecule has 9 heteroatoms. The minimum Gasteiger partial charge on any atom is -0.375 e. The molecule has 0 saturated carbocycles. The van der Waals surface area contributed by atoms with E-state index < -0.39 is 0 Å². The number of thiazole rings is 1. The third kappa shape index (κ3) is 5.92. The summed E-state index contributed by atoms with van der Waals surface area (Å²) in [5.41, 5.74) is 6.95. The van der Waals surface area contributed by atoms with E-state index in [9.17, 15) is 9.59 Å². The first kappa shape index (κ1) is 23.0. The lowest BCUT2D eigenvalue weighted by Crippen LogP contribution is -2.49. The van der Waals surface area contributed by atoms with E-state index in [0.29, 0.717) is 30.7 Å². The van der Waals surface area contributed by atoms with E-state index in [-0.39, 0.29) is 17.9 Å². The molecule has 0 spiro atoms. The Morgan fingerprint density at radius 3 is 2.83 bits per heavy atom. The van der Waals surface area contributed by atoms with Crippen LogP contribution >= 0.6 is 11.3 Å². The molecule has 3 amide bonds. The molecule has 1 aromatic heterocycles. The molecule has 2 unspecified atom stereocenters. The highest BCUT2D eigenvalue weighted by atomic mass is 32.1. The van der Waals surface area contributed by atoms with Crippen molar-refractivity contribution in [2.75, 3.05) is 52.0 Å². The van der Waals surface area contributed by atoms with Gasteiger partial charge in [-0.15, -0.1) is 11.3 Å². The summed E-state index contributed by atoms with van der Waals surface area (Å²) in [6.45, 7) is 6.44. The molecule has 8 nitrogen and oxygen atoms in total. The molecule has 4 N–H and O–H groups in total. The number of aryl methyl sites for hydroxylation is 1. The predicted molar refractivity (Wildman–Crippen MR) is 121 cm³/mol. The smallest absolute Gasteiger partial charge is 0.324 e. The summed E-state index contributed by atoms with van der Waals surface area (Å²) in [5.74, 6) is 0.0779. The molecule has 2 atom stereocenters. The molecule has 2 heterocycles. The molecule has 0 bridgehead atoms. The van der Waals surface area contributed by atoms with Gasteiger partial charge in [-0.1, -0.05) is 0 Å². The molecular weight excluding hydrogens is 400 g/mol. The van der Waals surface area contributed by atoms with E-state index in [1.165, 1.54) is 22.6 Å². The van der Waals surface area contributed by atoms with Gasteiger partial charge in [0, 0.05) is 31.1 Å². The van der Waals surface area contributed by atoms with Crippen molar-refractivity contribution in [3.05, 3.63) is 10.6 Å². The summed E-state index contributed by atoms with van der Waals surface area (Å²) in [6, 6.07) is -0.277. The number of carbonyl (C=O) groups excluding carboxylic acids is 2. The summed E-state index contributed by atoms with van der Waals surface area (Å²) in [5, 5.41) is 6.71. The van der Waals surface area contributed by atoms with Crippen molar-refractivity contribution in [3.63, 3.8) is 0 Å². The number of nitrogen functional groups attached to an aromatic ring is 1. The quantitative estimate of drug-likeness (QED) is 0.544. The second-order valence-corrected chi connectivity index (χ2v) is 9.50. The zero-order valence-electron chi connectivity index (χ0n) is 18.3. The standard InChI is InChI=1S/C21H36N6O2S/c1-3-27(21(29)24-8-11-26-9-4-5-10-26)19(28)16(14-23-2)12-15-6-7-18-17(13-15)25-20(22)30-18/h15-16,23H,3-14H2,1-2H3,(H2,22,25)(H,24,29). The van der Waals surface area contributed by atoms with Crippen molar-refractivity contribution in [1.82, 2.24) is 25.4 Å². The predicted octanol–water partition coefficient (Wildman–Crippen LogP) is 1.71. The fraction of sp³-hybridized carbons (Fsp3) is 0.762. The first-order chi connectivity index (χ1) is 14.5. The minimum atomic E-state index is -0.277. The fourth-order valence-corrected chi connectivity index (χ4v) is 5.51. The first-order valence-corrected chi connectivity index (χ1v) is 12.0. The second-order valence-electron chi connectivity index (χ2n) is 8.38. The zero-order valence-corrected chi connectivity index (χ0v) is 19.1. The number of nitrogens with two attached hydrogens (primary N) is 1. The van der Waals surface area contributed by atoms with E-state index in [4.69, 9.17) is 5.73 Å². The summed E-state index contributed by atoms with van der Waals surface area (Å²) in [7, 11) is 1.85. The van der Waals surface area contributed by atoms with Gasteiger partial charge in [-0.2, -0.15) is 0 Å². The van der Waals surface area contributed by atoms with Crippen molar-refractivity contribution >= 4 is 28.4 Å². The van der Waals surface area contributed by atoms with E-state index in [1.54, 1.807) is 11.3 Å². The maximum Gasteiger partial charge on any atom is 0.324 e. The maximum absolute atomic E-state index is 13.2. The lowest BCUT2D eigenvalue weighted by molar-refractivity contribution is -0.132. The van der Waals surface area contributed by atoms with E-state index >= 15 is 0 Å². The summed E-state index contributed by atoms with van der Waals surface area (Å²) in [4.78, 5) is 35.4. The number of nitrogens with zero attached hydrogens (tertiary/aromatic N) is 3. The number of nitrogens with one attached hydrogen (secondary N) is 2. The molecule has 1 aliphatic heterocycles. The van der Waals surface area contributed by atoms with Gasteiger partial charge in [-0.3, -0.25) is 9.69 Å². The SMILES string of the molecule is CCN(C(=O)NCCN1CCCC1)C(=O)C(CNC)CC1CCc2sc(N)nc2C1. The topological polar surface area (TPSA) is 104 Å². The van der Waals surface area contributed by atoms with Gasteiger partial charge in [0.1, 0.15) is 0 Å². The Kier molecular flexibility index (Phi) is 8.47. The van der Waals surface area contributed by atoms with Gasteiger partial charge in [0.15, 0.2) is 5.13 Å². The lowest BCUT2D eigenvalue weighted by Gasteiger charge is -2.29. The van der Waals surface area contributed by atoms with Crippen LogP contribution < -0.4 is 16.4 Å². The molecule has 168 valence electrons. The van der Waals surface area contributed by atoms with Gasteiger partial charge in [0.2, 0.25) is 5.91 Å². The van der Waals surface area contributed by atoms with E-state index in [2.05, 4.69) is 20.5 Å². The lowest BCUT2D eigenvalue weighted by atomic mass is 9.83. The Balaban J connectivity index is 1.54. The highest BCUT2D eigenvalue weighted by molar-refractivity contribution is 7.15. The average molecular weight is 437 g/mol. The zero-order chi connectivity index (χ0) is 21.5. The van der Waals surface area contributed by atoms with Gasteiger partial charge in [-0.25, -0.2) is 9.78 Å². The normalized spacial score (nSPS) is 20.0. The van der Waals surface area contributed by atoms with Gasteiger partial charge >= 0.3 is 6.03 Å². The highest BCUT2D eigenvalue weighted by Gasteiger charge is 2.31. The number of carbonyl (C=O) groups is 2. The Morgan fingerprint density at radius 2 is 2.13 bits per heavy atom. The van der Waals surface area contributed by atoms with E-state index in [1.807, 2.05) is 14.0 Å². The number of imide groups is 1. The number of aromatic nitrogens is 1. The van der Waals surface area contributed by atoms with Crippen LogP contribution in [0.2, 0.25) is 0 Å². The van der Waals surface area contributed by atoms with Crippen LogP contribution in [0.15, 0.2) is 0 Å². The van der Waals surface area contributed by atoms with Crippen LogP contribution in [0.5, 0.6) is 0 Å². The van der Waals surface area contributed by atoms with Crippen molar-refractivity contribution < 1.29 is 9.59 Å². The first-order valence-electron chi connectivity index (χ1n) is 11.2. The van der Waals surface area contributed by atoms with Crippen LogP contribution in [0, 0.1) is 11.8 Å². The second kappa shape index (κ2) is 11.1. The van der Waals surface area contributed by atoms with Crippen molar-refractivity contribution in [3.8, 4) is 0 Å². The van der Waals surface area contributed by atoms with Crippen LogP contribution in [0.4, 0.5) is 9.93 Å². The van der Waals surface area contributed by atoms with Gasteiger partial charge in [0.25, 0.3) is 0 Å². The molecule has 30 heavy (non-hydrogen) atoms. The van der Waals surface area contributed by atoms with Crippen molar-refractivity contribution in [1.29, 1.82) is 0 Å². The number of urea groups is 1. The Bertz CT molecular complexity index is 718. The van der Waals surface area contributed by atoms with Crippen molar-refractivity contribution in [2.24, 2.45) is 11.8 Å². The van der Waals surface area contributed by atoms with E-state index in [0.717, 1.165) is 51.0 Å². The molecule has 3 rings (SSSR count). The third-order valence-electron chi connectivity index (χ3n) is 6.20. The Morgan fingerprint density at radius 1 is 1.37 bits per heavy atom. The molecule has 1 aromatic rings. The van der Waals surface area contributed by atoms with Crippen LogP contribution in [0.3, 0.4) is 0 Å². The highest BCUT2D eigenvalue weighted by Crippen LogP contribution is 2.33. The number of anilines is 1. The minimum absolute atomic E-state index is 0.0888. The van der Waals surface area contributed by atoms with Gasteiger partial charge in [0.05, 0.1) is 11.6 Å². The molecule has 1 aliphatic carbocycles. The molecule has 0 aromatic carbocycles. The number of likely N-dealkylation sites (tertiary alicyclic amines) is 1. The molecule has 2 aliphatic rings. The monoisotopic (exact) mass is 436 g/mol. The average Bonchev–Trinajstić information content (AvgIpc) is 3.36.